The van der Waals surface area contributed by atoms with Crippen LogP contribution in [-0.2, 0) is 27.5 Å². The molecule has 220 valence electrons. The molecule has 1 N–H and O–H groups in total. The number of aromatic nitrogens is 2. The first-order valence-corrected chi connectivity index (χ1v) is 15.2. The SMILES string of the molecule is CO[C@@H]1N(C(C)C(=O)c2ccccc2)CC2(C)O[C@]1(C)n1c3ccccc3c3c4c(c5c6ccccc6n2c5c31)C(=O)NC4. The normalized spacial score (nSPS) is 25.2. The van der Waals surface area contributed by atoms with E-state index in [1.54, 1.807) is 7.11 Å². The Balaban J connectivity index is 1.45. The van der Waals surface area contributed by atoms with Gasteiger partial charge in [-0.1, -0.05) is 66.7 Å². The number of ketones is 1. The largest absolute Gasteiger partial charge is 0.361 e. The number of rotatable bonds is 4. The van der Waals surface area contributed by atoms with Crippen molar-refractivity contribution in [1.82, 2.24) is 19.4 Å². The van der Waals surface area contributed by atoms with Crippen LogP contribution in [0.4, 0.5) is 0 Å². The van der Waals surface area contributed by atoms with Gasteiger partial charge in [0.2, 0.25) is 0 Å². The Bertz CT molecular complexity index is 2230. The van der Waals surface area contributed by atoms with Gasteiger partial charge in [-0.2, -0.15) is 0 Å². The van der Waals surface area contributed by atoms with Crippen molar-refractivity contribution in [3.05, 3.63) is 95.6 Å². The second-order valence-corrected chi connectivity index (χ2v) is 12.7. The Morgan fingerprint density at radius 3 is 2.23 bits per heavy atom. The third-order valence-electron chi connectivity index (χ3n) is 10.2. The van der Waals surface area contributed by atoms with Gasteiger partial charge in [-0.05, 0) is 38.5 Å². The first kappa shape index (κ1) is 25.9. The van der Waals surface area contributed by atoms with Gasteiger partial charge in [0.25, 0.3) is 5.91 Å². The quantitative estimate of drug-likeness (QED) is 0.254. The average Bonchev–Trinajstić information content (AvgIpc) is 3.69. The molecular weight excluding hydrogens is 552 g/mol. The third kappa shape index (κ3) is 2.98. The molecule has 9 rings (SSSR count). The number of carbonyl (C=O) groups excluding carboxylic acids is 2. The molecule has 4 atom stereocenters. The van der Waals surface area contributed by atoms with Gasteiger partial charge in [0.15, 0.2) is 23.5 Å². The monoisotopic (exact) mass is 584 g/mol. The number of fused-ring (bicyclic) bond motifs is 13. The molecule has 3 aliphatic heterocycles. The number of hydrogen-bond donors (Lipinski definition) is 1. The number of morpholine rings is 1. The van der Waals surface area contributed by atoms with E-state index in [0.717, 1.165) is 54.7 Å². The van der Waals surface area contributed by atoms with Crippen LogP contribution >= 0.6 is 0 Å². The maximum atomic E-state index is 14.0. The minimum atomic E-state index is -1.05. The topological polar surface area (TPSA) is 77.7 Å². The van der Waals surface area contributed by atoms with Crippen LogP contribution in [0.3, 0.4) is 0 Å². The predicted molar refractivity (Wildman–Crippen MR) is 170 cm³/mol. The minimum absolute atomic E-state index is 0.0247. The molecule has 1 amide bonds. The highest BCUT2D eigenvalue weighted by Gasteiger charge is 2.58. The molecule has 8 heteroatoms. The molecule has 0 aliphatic carbocycles. The Kier molecular flexibility index (Phi) is 5.05. The molecule has 0 radical (unpaired) electrons. The van der Waals surface area contributed by atoms with E-state index >= 15 is 0 Å². The Morgan fingerprint density at radius 1 is 0.909 bits per heavy atom. The number of benzene rings is 4. The molecule has 2 unspecified atom stereocenters. The van der Waals surface area contributed by atoms with E-state index in [0.29, 0.717) is 18.7 Å². The van der Waals surface area contributed by atoms with Gasteiger partial charge in [0, 0.05) is 47.3 Å². The summed E-state index contributed by atoms with van der Waals surface area (Å²) in [6, 6.07) is 25.5. The molecule has 44 heavy (non-hydrogen) atoms. The van der Waals surface area contributed by atoms with Crippen molar-refractivity contribution >= 4 is 55.3 Å². The van der Waals surface area contributed by atoms with E-state index in [9.17, 15) is 9.59 Å². The molecule has 0 saturated carbocycles. The lowest BCUT2D eigenvalue weighted by molar-refractivity contribution is -0.337. The summed E-state index contributed by atoms with van der Waals surface area (Å²) in [5.41, 5.74) is 4.40. The van der Waals surface area contributed by atoms with Gasteiger partial charge in [-0.15, -0.1) is 0 Å². The van der Waals surface area contributed by atoms with E-state index in [4.69, 9.17) is 9.47 Å². The van der Waals surface area contributed by atoms with Crippen LogP contribution in [-0.4, -0.2) is 51.6 Å². The fourth-order valence-electron chi connectivity index (χ4n) is 8.62. The number of ether oxygens (including phenoxy) is 2. The fraction of sp³-hybridized carbons (Fsp3) is 0.278. The summed E-state index contributed by atoms with van der Waals surface area (Å²) < 4.78 is 18.3. The van der Waals surface area contributed by atoms with Gasteiger partial charge in [-0.3, -0.25) is 14.5 Å². The van der Waals surface area contributed by atoms with Gasteiger partial charge < -0.3 is 23.9 Å². The molecule has 0 spiro atoms. The predicted octanol–water partition coefficient (Wildman–Crippen LogP) is 6.08. The highest BCUT2D eigenvalue weighted by molar-refractivity contribution is 6.31. The van der Waals surface area contributed by atoms with E-state index in [-0.39, 0.29) is 11.7 Å². The van der Waals surface area contributed by atoms with E-state index in [1.165, 1.54) is 0 Å². The molecule has 2 bridgehead atoms. The van der Waals surface area contributed by atoms with Crippen molar-refractivity contribution in [2.24, 2.45) is 0 Å². The molecular formula is C36H32N4O4. The minimum Gasteiger partial charge on any atom is -0.361 e. The molecule has 2 aromatic heterocycles. The van der Waals surface area contributed by atoms with Gasteiger partial charge in [0.05, 0.1) is 33.7 Å². The van der Waals surface area contributed by atoms with Crippen LogP contribution in [0.2, 0.25) is 0 Å². The highest BCUT2D eigenvalue weighted by atomic mass is 16.6. The zero-order chi connectivity index (χ0) is 30.1. The lowest BCUT2D eigenvalue weighted by atomic mass is 9.97. The van der Waals surface area contributed by atoms with Gasteiger partial charge in [0.1, 0.15) is 0 Å². The van der Waals surface area contributed by atoms with Crippen LogP contribution in [0.1, 0.15) is 47.1 Å². The number of nitrogens with one attached hydrogen (secondary N) is 1. The van der Waals surface area contributed by atoms with Crippen LogP contribution in [0.15, 0.2) is 78.9 Å². The number of Topliss-reactive ketones (excluding diaryl/α,β-unsaturated/α-hetero) is 1. The molecule has 4 aromatic carbocycles. The summed E-state index contributed by atoms with van der Waals surface area (Å²) in [6.07, 6.45) is -0.601. The van der Waals surface area contributed by atoms with Gasteiger partial charge in [-0.25, -0.2) is 0 Å². The smallest absolute Gasteiger partial charge is 0.252 e. The lowest BCUT2D eigenvalue weighted by Crippen LogP contribution is -2.68. The summed E-state index contributed by atoms with van der Waals surface area (Å²) in [7, 11) is 1.69. The molecule has 6 aromatic rings. The Hall–Kier alpha value is -4.50. The van der Waals surface area contributed by atoms with Crippen molar-refractivity contribution in [2.45, 2.75) is 51.0 Å². The Morgan fingerprint density at radius 2 is 1.52 bits per heavy atom. The molecule has 3 aliphatic rings. The number of amides is 1. The van der Waals surface area contributed by atoms with Crippen LogP contribution in [0, 0.1) is 0 Å². The number of methoxy groups -OCH3 is 1. The molecule has 5 heterocycles. The van der Waals surface area contributed by atoms with Crippen molar-refractivity contribution in [3.8, 4) is 0 Å². The van der Waals surface area contributed by atoms with E-state index < -0.39 is 23.7 Å². The Labute approximate surface area is 253 Å². The standard InChI is InChI=1S/C36H32N4O4/c1-20(32(41)21-12-6-5-7-13-21)38-19-35(2)39-25-16-10-9-15-23(25)28-29-24(18-37-33(29)42)27-22-14-8-11-17-26(22)40(30(27)31(28)39)36(3,44-35)34(38)43-4/h5-17,20,34H,18-19H2,1-4H3,(H,37,42)/t20?,34-,35?,36-/m0/s1. The highest BCUT2D eigenvalue weighted by Crippen LogP contribution is 2.54. The van der Waals surface area contributed by atoms with Crippen molar-refractivity contribution in [1.29, 1.82) is 0 Å². The first-order chi connectivity index (χ1) is 21.3. The zero-order valence-corrected chi connectivity index (χ0v) is 25.0. The first-order valence-electron chi connectivity index (χ1n) is 15.2. The lowest BCUT2D eigenvalue weighted by Gasteiger charge is -2.55. The number of hydrogen-bond acceptors (Lipinski definition) is 5. The third-order valence-corrected chi connectivity index (χ3v) is 10.2. The maximum Gasteiger partial charge on any atom is 0.252 e. The van der Waals surface area contributed by atoms with Crippen LogP contribution in [0.25, 0.3) is 43.6 Å². The van der Waals surface area contributed by atoms with Gasteiger partial charge >= 0.3 is 0 Å². The second kappa shape index (κ2) is 8.57. The summed E-state index contributed by atoms with van der Waals surface area (Å²) in [4.78, 5) is 29.8. The average molecular weight is 585 g/mol. The second-order valence-electron chi connectivity index (χ2n) is 12.7. The van der Waals surface area contributed by atoms with E-state index in [2.05, 4.69) is 57.5 Å². The number of nitrogens with zero attached hydrogens (tertiary/aromatic N) is 3. The van der Waals surface area contributed by atoms with Crippen LogP contribution < -0.4 is 5.32 Å². The van der Waals surface area contributed by atoms with Crippen molar-refractivity contribution in [2.75, 3.05) is 13.7 Å². The van der Waals surface area contributed by atoms with Crippen molar-refractivity contribution < 1.29 is 19.1 Å². The summed E-state index contributed by atoms with van der Waals surface area (Å²) in [5.74, 6) is -0.0266. The van der Waals surface area contributed by atoms with Crippen molar-refractivity contribution in [3.63, 3.8) is 0 Å². The summed E-state index contributed by atoms with van der Waals surface area (Å²) in [5, 5.41) is 7.20. The maximum absolute atomic E-state index is 14.0. The molecule has 8 nitrogen and oxygen atoms in total. The van der Waals surface area contributed by atoms with Crippen LogP contribution in [0.5, 0.6) is 0 Å². The summed E-state index contributed by atoms with van der Waals surface area (Å²) in [6.45, 7) is 7.00. The summed E-state index contributed by atoms with van der Waals surface area (Å²) >= 11 is 0. The number of para-hydroxylation sites is 2. The fourth-order valence-corrected chi connectivity index (χ4v) is 8.62. The van der Waals surface area contributed by atoms with E-state index in [1.807, 2.05) is 61.5 Å². The molecule has 1 saturated heterocycles. The molecule has 1 fully saturated rings. The zero-order valence-electron chi connectivity index (χ0n) is 25.0. The number of carbonyl (C=O) groups is 2.